The zero-order chi connectivity index (χ0) is 14.9. The summed E-state index contributed by atoms with van der Waals surface area (Å²) in [5.74, 6) is 0.858. The molecule has 0 aliphatic heterocycles. The zero-order valence-corrected chi connectivity index (χ0v) is 12.7. The molecule has 0 unspecified atom stereocenters. The molecule has 2 rings (SSSR count). The van der Waals surface area contributed by atoms with Gasteiger partial charge >= 0.3 is 0 Å². The summed E-state index contributed by atoms with van der Waals surface area (Å²) < 4.78 is 5.40. The van der Waals surface area contributed by atoms with Crippen molar-refractivity contribution < 1.29 is 4.74 Å². The molecule has 0 amide bonds. The van der Waals surface area contributed by atoms with Gasteiger partial charge in [0.1, 0.15) is 5.75 Å². The highest BCUT2D eigenvalue weighted by Crippen LogP contribution is 2.21. The monoisotopic (exact) mass is 282 g/mol. The van der Waals surface area contributed by atoms with E-state index in [0.29, 0.717) is 6.61 Å². The van der Waals surface area contributed by atoms with Crippen LogP contribution in [0.2, 0.25) is 0 Å². The van der Waals surface area contributed by atoms with Crippen molar-refractivity contribution in [2.24, 2.45) is 10.2 Å². The summed E-state index contributed by atoms with van der Waals surface area (Å²) in [6, 6.07) is 15.9. The molecule has 0 saturated heterocycles. The molecular formula is C18H22N2O. The number of benzene rings is 2. The summed E-state index contributed by atoms with van der Waals surface area (Å²) >= 11 is 0. The van der Waals surface area contributed by atoms with Gasteiger partial charge in [0.2, 0.25) is 0 Å². The average Bonchev–Trinajstić information content (AvgIpc) is 2.53. The van der Waals surface area contributed by atoms with Gasteiger partial charge in [-0.05, 0) is 61.7 Å². The minimum Gasteiger partial charge on any atom is -0.494 e. The highest BCUT2D eigenvalue weighted by atomic mass is 16.5. The van der Waals surface area contributed by atoms with Crippen LogP contribution in [0, 0.1) is 0 Å². The number of ether oxygens (including phenoxy) is 1. The van der Waals surface area contributed by atoms with Crippen LogP contribution in [0.5, 0.6) is 5.75 Å². The van der Waals surface area contributed by atoms with Gasteiger partial charge < -0.3 is 4.74 Å². The molecule has 2 aromatic rings. The van der Waals surface area contributed by atoms with Crippen LogP contribution in [0.3, 0.4) is 0 Å². The Morgan fingerprint density at radius 3 is 1.90 bits per heavy atom. The van der Waals surface area contributed by atoms with Crippen LogP contribution < -0.4 is 4.74 Å². The lowest BCUT2D eigenvalue weighted by Gasteiger charge is -2.02. The maximum Gasteiger partial charge on any atom is 0.119 e. The first kappa shape index (κ1) is 15.2. The van der Waals surface area contributed by atoms with Gasteiger partial charge in [-0.2, -0.15) is 10.2 Å². The Morgan fingerprint density at radius 1 is 0.810 bits per heavy atom. The van der Waals surface area contributed by atoms with E-state index >= 15 is 0 Å². The van der Waals surface area contributed by atoms with Gasteiger partial charge in [0.15, 0.2) is 0 Å². The van der Waals surface area contributed by atoms with Crippen molar-refractivity contribution in [2.45, 2.75) is 33.1 Å². The molecule has 3 nitrogen and oxygen atoms in total. The van der Waals surface area contributed by atoms with Gasteiger partial charge in [-0.1, -0.05) is 25.5 Å². The molecule has 0 aromatic heterocycles. The molecule has 0 radical (unpaired) electrons. The van der Waals surface area contributed by atoms with Crippen molar-refractivity contribution in [3.8, 4) is 5.75 Å². The first-order valence-electron chi connectivity index (χ1n) is 7.55. The van der Waals surface area contributed by atoms with E-state index < -0.39 is 0 Å². The molecule has 0 aliphatic rings. The topological polar surface area (TPSA) is 34.0 Å². The van der Waals surface area contributed by atoms with Crippen molar-refractivity contribution in [1.82, 2.24) is 0 Å². The van der Waals surface area contributed by atoms with E-state index in [0.717, 1.165) is 23.5 Å². The predicted octanol–water partition coefficient (Wildman–Crippen LogP) is 5.84. The summed E-state index contributed by atoms with van der Waals surface area (Å²) in [5.41, 5.74) is 3.06. The van der Waals surface area contributed by atoms with Crippen LogP contribution in [-0.2, 0) is 6.42 Å². The second kappa shape index (κ2) is 8.20. The molecular weight excluding hydrogens is 260 g/mol. The van der Waals surface area contributed by atoms with Gasteiger partial charge in [-0.3, -0.25) is 0 Å². The normalized spacial score (nSPS) is 11.0. The average molecular weight is 282 g/mol. The van der Waals surface area contributed by atoms with Gasteiger partial charge in [0.25, 0.3) is 0 Å². The maximum absolute atomic E-state index is 5.40. The molecule has 21 heavy (non-hydrogen) atoms. The van der Waals surface area contributed by atoms with E-state index in [4.69, 9.17) is 4.74 Å². The highest BCUT2D eigenvalue weighted by molar-refractivity contribution is 5.43. The first-order valence-corrected chi connectivity index (χ1v) is 7.55. The smallest absolute Gasteiger partial charge is 0.119 e. The van der Waals surface area contributed by atoms with Crippen LogP contribution in [0.4, 0.5) is 11.4 Å². The van der Waals surface area contributed by atoms with Crippen LogP contribution >= 0.6 is 0 Å². The minimum atomic E-state index is 0.672. The zero-order valence-electron chi connectivity index (χ0n) is 12.7. The Hall–Kier alpha value is -2.16. The van der Waals surface area contributed by atoms with E-state index in [1.165, 1.54) is 18.4 Å². The van der Waals surface area contributed by atoms with Crippen molar-refractivity contribution in [2.75, 3.05) is 6.61 Å². The standard InChI is InChI=1S/C18H22N2O/c1-3-5-6-15-7-9-16(10-8-15)19-20-17-11-13-18(14-12-17)21-4-2/h7-14H,3-6H2,1-2H3. The van der Waals surface area contributed by atoms with Crippen molar-refractivity contribution in [1.29, 1.82) is 0 Å². The third-order valence-corrected chi connectivity index (χ3v) is 3.18. The number of aryl methyl sites for hydroxylation is 1. The Morgan fingerprint density at radius 2 is 1.38 bits per heavy atom. The van der Waals surface area contributed by atoms with Crippen LogP contribution in [0.15, 0.2) is 58.8 Å². The molecule has 3 heteroatoms. The Balaban J connectivity index is 1.96. The van der Waals surface area contributed by atoms with Gasteiger partial charge in [-0.25, -0.2) is 0 Å². The molecule has 0 atom stereocenters. The van der Waals surface area contributed by atoms with Crippen LogP contribution in [0.25, 0.3) is 0 Å². The van der Waals surface area contributed by atoms with E-state index in [1.54, 1.807) is 0 Å². The molecule has 0 saturated carbocycles. The van der Waals surface area contributed by atoms with Crippen molar-refractivity contribution >= 4 is 11.4 Å². The van der Waals surface area contributed by atoms with E-state index in [-0.39, 0.29) is 0 Å². The van der Waals surface area contributed by atoms with E-state index in [1.807, 2.05) is 43.3 Å². The SMILES string of the molecule is CCCCc1ccc(N=Nc2ccc(OCC)cc2)cc1. The fourth-order valence-electron chi connectivity index (χ4n) is 2.00. The Kier molecular flexibility index (Phi) is 5.95. The number of nitrogens with zero attached hydrogens (tertiary/aromatic N) is 2. The number of azo groups is 1. The molecule has 0 bridgehead atoms. The van der Waals surface area contributed by atoms with Crippen molar-refractivity contribution in [3.05, 3.63) is 54.1 Å². The quantitative estimate of drug-likeness (QED) is 0.587. The molecule has 0 fully saturated rings. The summed E-state index contributed by atoms with van der Waals surface area (Å²) in [6.07, 6.45) is 3.58. The molecule has 2 aromatic carbocycles. The molecule has 0 heterocycles. The lowest BCUT2D eigenvalue weighted by molar-refractivity contribution is 0.340. The summed E-state index contributed by atoms with van der Waals surface area (Å²) in [5, 5.41) is 8.50. The minimum absolute atomic E-state index is 0.672. The number of hydrogen-bond donors (Lipinski definition) is 0. The lowest BCUT2D eigenvalue weighted by atomic mass is 10.1. The molecule has 0 spiro atoms. The second-order valence-corrected chi connectivity index (χ2v) is 4.90. The maximum atomic E-state index is 5.40. The van der Waals surface area contributed by atoms with Crippen molar-refractivity contribution in [3.63, 3.8) is 0 Å². The third-order valence-electron chi connectivity index (χ3n) is 3.18. The summed E-state index contributed by atoms with van der Waals surface area (Å²) in [6.45, 7) is 4.85. The largest absolute Gasteiger partial charge is 0.494 e. The Labute approximate surface area is 126 Å². The lowest BCUT2D eigenvalue weighted by Crippen LogP contribution is -1.89. The number of hydrogen-bond acceptors (Lipinski definition) is 3. The van der Waals surface area contributed by atoms with E-state index in [2.05, 4.69) is 29.3 Å². The summed E-state index contributed by atoms with van der Waals surface area (Å²) in [4.78, 5) is 0. The second-order valence-electron chi connectivity index (χ2n) is 4.90. The first-order chi connectivity index (χ1) is 10.3. The van der Waals surface area contributed by atoms with Gasteiger partial charge in [0, 0.05) is 0 Å². The number of rotatable bonds is 7. The van der Waals surface area contributed by atoms with Gasteiger partial charge in [-0.15, -0.1) is 0 Å². The Bertz CT molecular complexity index is 559. The highest BCUT2D eigenvalue weighted by Gasteiger charge is 1.95. The van der Waals surface area contributed by atoms with E-state index in [9.17, 15) is 0 Å². The fourth-order valence-corrected chi connectivity index (χ4v) is 2.00. The summed E-state index contributed by atoms with van der Waals surface area (Å²) in [7, 11) is 0. The van der Waals surface area contributed by atoms with Crippen LogP contribution in [-0.4, -0.2) is 6.61 Å². The third kappa shape index (κ3) is 5.03. The van der Waals surface area contributed by atoms with Gasteiger partial charge in [0.05, 0.1) is 18.0 Å². The molecule has 0 N–H and O–H groups in total. The predicted molar refractivity (Wildman–Crippen MR) is 86.8 cm³/mol. The fraction of sp³-hybridized carbons (Fsp3) is 0.333. The van der Waals surface area contributed by atoms with Crippen LogP contribution in [0.1, 0.15) is 32.3 Å². The molecule has 110 valence electrons. The number of unbranched alkanes of at least 4 members (excludes halogenated alkanes) is 1. The molecule has 0 aliphatic carbocycles.